The highest BCUT2D eigenvalue weighted by atomic mass is 16.1. The van der Waals surface area contributed by atoms with Gasteiger partial charge in [0.1, 0.15) is 12.5 Å². The first kappa shape index (κ1) is 6.15. The van der Waals surface area contributed by atoms with Crippen LogP contribution in [0.15, 0.2) is 22.1 Å². The largest absolute Gasteiger partial charge is 0.352 e. The third-order valence-electron chi connectivity index (χ3n) is 1.56. The number of aromatic amines is 1. The number of fused-ring (bicyclic) bond motifs is 1. The van der Waals surface area contributed by atoms with Gasteiger partial charge < -0.3 is 10.3 Å². The molecule has 2 heterocycles. The number of aromatic nitrogens is 1. The Labute approximate surface area is 63.0 Å². The molecule has 1 aliphatic heterocycles. The molecule has 0 aliphatic carbocycles. The highest BCUT2D eigenvalue weighted by Gasteiger charge is 2.05. The van der Waals surface area contributed by atoms with Crippen molar-refractivity contribution in [2.24, 2.45) is 4.99 Å². The van der Waals surface area contributed by atoms with Gasteiger partial charge in [-0.2, -0.15) is 0 Å². The standard InChI is InChI=1S/C7H7N3O/c11-6-1-2-9-7-5(6)3-8-4-10-7/h1-3H,4H2,(H2,9,10,11). The molecule has 4 heteroatoms. The highest BCUT2D eigenvalue weighted by molar-refractivity contribution is 5.87. The lowest BCUT2D eigenvalue weighted by molar-refractivity contribution is 1.08. The molecule has 0 saturated heterocycles. The van der Waals surface area contributed by atoms with Crippen molar-refractivity contribution >= 4 is 12.0 Å². The number of nitrogens with one attached hydrogen (secondary N) is 2. The van der Waals surface area contributed by atoms with Gasteiger partial charge in [0.25, 0.3) is 0 Å². The molecule has 0 amide bonds. The molecule has 0 radical (unpaired) electrons. The summed E-state index contributed by atoms with van der Waals surface area (Å²) in [5.41, 5.74) is 0.605. The van der Waals surface area contributed by atoms with Crippen LogP contribution in [0.5, 0.6) is 0 Å². The Morgan fingerprint density at radius 3 is 3.27 bits per heavy atom. The first-order valence-corrected chi connectivity index (χ1v) is 3.33. The summed E-state index contributed by atoms with van der Waals surface area (Å²) < 4.78 is 0. The normalized spacial score (nSPS) is 13.8. The van der Waals surface area contributed by atoms with Crippen molar-refractivity contribution in [3.05, 3.63) is 28.0 Å². The monoisotopic (exact) mass is 149 g/mol. The zero-order chi connectivity index (χ0) is 7.68. The topological polar surface area (TPSA) is 57.2 Å². The van der Waals surface area contributed by atoms with Crippen molar-refractivity contribution in [2.45, 2.75) is 0 Å². The maximum Gasteiger partial charge on any atom is 0.192 e. The molecule has 0 spiro atoms. The third-order valence-corrected chi connectivity index (χ3v) is 1.56. The van der Waals surface area contributed by atoms with E-state index >= 15 is 0 Å². The predicted molar refractivity (Wildman–Crippen MR) is 43.1 cm³/mol. The molecule has 0 atom stereocenters. The molecule has 0 saturated carbocycles. The van der Waals surface area contributed by atoms with Crippen LogP contribution in [0.25, 0.3) is 0 Å². The van der Waals surface area contributed by atoms with Crippen molar-refractivity contribution in [1.29, 1.82) is 0 Å². The first-order valence-electron chi connectivity index (χ1n) is 3.33. The molecule has 56 valence electrons. The molecule has 4 nitrogen and oxygen atoms in total. The Kier molecular flexibility index (Phi) is 1.25. The van der Waals surface area contributed by atoms with E-state index < -0.39 is 0 Å². The summed E-state index contributed by atoms with van der Waals surface area (Å²) in [5, 5.41) is 2.95. The summed E-state index contributed by atoms with van der Waals surface area (Å²) >= 11 is 0. The molecule has 0 aromatic carbocycles. The fourth-order valence-corrected chi connectivity index (χ4v) is 1.03. The van der Waals surface area contributed by atoms with Gasteiger partial charge in [-0.15, -0.1) is 0 Å². The summed E-state index contributed by atoms with van der Waals surface area (Å²) in [4.78, 5) is 18.0. The smallest absolute Gasteiger partial charge is 0.192 e. The number of rotatable bonds is 0. The summed E-state index contributed by atoms with van der Waals surface area (Å²) in [5.74, 6) is 0.757. The van der Waals surface area contributed by atoms with E-state index in [0.717, 1.165) is 5.82 Å². The quantitative estimate of drug-likeness (QED) is 0.552. The van der Waals surface area contributed by atoms with Crippen LogP contribution in [-0.2, 0) is 0 Å². The number of anilines is 1. The molecule has 0 bridgehead atoms. The first-order chi connectivity index (χ1) is 5.38. The van der Waals surface area contributed by atoms with Crippen molar-refractivity contribution in [2.75, 3.05) is 12.0 Å². The van der Waals surface area contributed by atoms with E-state index in [1.54, 1.807) is 12.4 Å². The molecule has 2 rings (SSSR count). The summed E-state index contributed by atoms with van der Waals surface area (Å²) in [6.45, 7) is 0.535. The molecule has 0 unspecified atom stereocenters. The lowest BCUT2D eigenvalue weighted by Gasteiger charge is -2.09. The van der Waals surface area contributed by atoms with Crippen LogP contribution in [-0.4, -0.2) is 17.9 Å². The van der Waals surface area contributed by atoms with Gasteiger partial charge in [0, 0.05) is 18.5 Å². The van der Waals surface area contributed by atoms with Crippen LogP contribution < -0.4 is 10.7 Å². The summed E-state index contributed by atoms with van der Waals surface area (Å²) in [6, 6.07) is 1.48. The Morgan fingerprint density at radius 1 is 1.55 bits per heavy atom. The van der Waals surface area contributed by atoms with Crippen molar-refractivity contribution in [3.8, 4) is 0 Å². The van der Waals surface area contributed by atoms with Crippen molar-refractivity contribution < 1.29 is 0 Å². The van der Waals surface area contributed by atoms with Gasteiger partial charge in [-0.05, 0) is 0 Å². The van der Waals surface area contributed by atoms with Crippen LogP contribution in [0.2, 0.25) is 0 Å². The molecule has 2 N–H and O–H groups in total. The molecule has 1 aromatic heterocycles. The second-order valence-corrected chi connectivity index (χ2v) is 2.28. The van der Waals surface area contributed by atoms with Crippen LogP contribution in [0.3, 0.4) is 0 Å². The minimum Gasteiger partial charge on any atom is -0.352 e. The minimum absolute atomic E-state index is 0.00491. The van der Waals surface area contributed by atoms with E-state index in [2.05, 4.69) is 15.3 Å². The Balaban J connectivity index is 2.70. The molecular weight excluding hydrogens is 142 g/mol. The van der Waals surface area contributed by atoms with E-state index in [4.69, 9.17) is 0 Å². The van der Waals surface area contributed by atoms with Gasteiger partial charge in [-0.1, -0.05) is 0 Å². The van der Waals surface area contributed by atoms with Crippen LogP contribution in [0.4, 0.5) is 5.82 Å². The zero-order valence-corrected chi connectivity index (χ0v) is 5.79. The Hall–Kier alpha value is -1.58. The number of nitrogens with zero attached hydrogens (tertiary/aromatic N) is 1. The van der Waals surface area contributed by atoms with Crippen LogP contribution >= 0.6 is 0 Å². The van der Waals surface area contributed by atoms with Crippen LogP contribution in [0, 0.1) is 0 Å². The molecular formula is C7H7N3O. The number of hydrogen-bond donors (Lipinski definition) is 2. The average molecular weight is 149 g/mol. The Bertz CT molecular complexity index is 353. The Morgan fingerprint density at radius 2 is 2.45 bits per heavy atom. The van der Waals surface area contributed by atoms with E-state index in [9.17, 15) is 4.79 Å². The second kappa shape index (κ2) is 2.23. The van der Waals surface area contributed by atoms with E-state index in [-0.39, 0.29) is 5.43 Å². The van der Waals surface area contributed by atoms with Gasteiger partial charge >= 0.3 is 0 Å². The van der Waals surface area contributed by atoms with E-state index in [0.29, 0.717) is 12.2 Å². The van der Waals surface area contributed by atoms with E-state index in [1.165, 1.54) is 6.07 Å². The number of pyridine rings is 1. The lowest BCUT2D eigenvalue weighted by atomic mass is 10.2. The lowest BCUT2D eigenvalue weighted by Crippen LogP contribution is -2.17. The number of hydrogen-bond acceptors (Lipinski definition) is 3. The molecule has 11 heavy (non-hydrogen) atoms. The van der Waals surface area contributed by atoms with Gasteiger partial charge in [-0.25, -0.2) is 0 Å². The van der Waals surface area contributed by atoms with Gasteiger partial charge in [-0.3, -0.25) is 9.79 Å². The number of aliphatic imine (C=N–C) groups is 1. The van der Waals surface area contributed by atoms with Crippen molar-refractivity contribution in [1.82, 2.24) is 4.98 Å². The number of H-pyrrole nitrogens is 1. The molecule has 1 aromatic rings. The average Bonchev–Trinajstić information content (AvgIpc) is 2.06. The van der Waals surface area contributed by atoms with E-state index in [1.807, 2.05) is 0 Å². The van der Waals surface area contributed by atoms with Crippen molar-refractivity contribution in [3.63, 3.8) is 0 Å². The maximum atomic E-state index is 11.1. The summed E-state index contributed by atoms with van der Waals surface area (Å²) in [7, 11) is 0. The zero-order valence-electron chi connectivity index (χ0n) is 5.79. The molecule has 0 fully saturated rings. The van der Waals surface area contributed by atoms with Gasteiger partial charge in [0.2, 0.25) is 0 Å². The van der Waals surface area contributed by atoms with Gasteiger partial charge in [0.15, 0.2) is 5.43 Å². The fourth-order valence-electron chi connectivity index (χ4n) is 1.03. The highest BCUT2D eigenvalue weighted by Crippen LogP contribution is 2.06. The predicted octanol–water partition coefficient (Wildman–Crippen LogP) is 0.177. The SMILES string of the molecule is O=c1cc[nH]c2c1C=NCN2. The van der Waals surface area contributed by atoms with Crippen LogP contribution in [0.1, 0.15) is 5.56 Å². The third kappa shape index (κ3) is 0.920. The fraction of sp³-hybridized carbons (Fsp3) is 0.143. The summed E-state index contributed by atoms with van der Waals surface area (Å²) in [6.07, 6.45) is 3.21. The van der Waals surface area contributed by atoms with Gasteiger partial charge in [0.05, 0.1) is 5.56 Å². The molecule has 1 aliphatic rings. The minimum atomic E-state index is -0.00491. The maximum absolute atomic E-state index is 11.1. The second-order valence-electron chi connectivity index (χ2n) is 2.28.